The molecule has 5 heteroatoms. The number of imidazole rings is 1. The van der Waals surface area contributed by atoms with Crippen molar-refractivity contribution in [1.29, 1.82) is 0 Å². The lowest BCUT2D eigenvalue weighted by molar-refractivity contribution is -0.139. The number of carbonyl (C=O) groups is 1. The van der Waals surface area contributed by atoms with Crippen molar-refractivity contribution < 1.29 is 9.90 Å². The minimum absolute atomic E-state index is 0.204. The van der Waals surface area contributed by atoms with E-state index in [-0.39, 0.29) is 6.04 Å². The molecule has 1 rings (SSSR count). The van der Waals surface area contributed by atoms with Crippen molar-refractivity contribution >= 4 is 5.97 Å². The second-order valence-corrected chi connectivity index (χ2v) is 4.89. The number of hydrogen-bond acceptors (Lipinski definition) is 3. The Labute approximate surface area is 102 Å². The molecule has 0 bridgehead atoms. The lowest BCUT2D eigenvalue weighted by Crippen LogP contribution is -2.33. The van der Waals surface area contributed by atoms with Crippen molar-refractivity contribution in [1.82, 2.24) is 14.9 Å². The highest BCUT2D eigenvalue weighted by atomic mass is 16.4. The van der Waals surface area contributed by atoms with Crippen LogP contribution in [-0.4, -0.2) is 27.2 Å². The number of hydrogen-bond donors (Lipinski definition) is 2. The number of nitrogens with zero attached hydrogens (tertiary/aromatic N) is 2. The van der Waals surface area contributed by atoms with E-state index in [2.05, 4.69) is 10.3 Å². The fourth-order valence-electron chi connectivity index (χ4n) is 1.64. The van der Waals surface area contributed by atoms with E-state index in [0.717, 1.165) is 0 Å². The zero-order chi connectivity index (χ0) is 13.0. The van der Waals surface area contributed by atoms with Gasteiger partial charge in [-0.05, 0) is 26.3 Å². The first-order chi connectivity index (χ1) is 7.93. The van der Waals surface area contributed by atoms with Crippen molar-refractivity contribution in [3.63, 3.8) is 0 Å². The van der Waals surface area contributed by atoms with Crippen LogP contribution in [0.3, 0.4) is 0 Å². The van der Waals surface area contributed by atoms with Crippen molar-refractivity contribution in [3.05, 3.63) is 18.2 Å². The Morgan fingerprint density at radius 1 is 1.47 bits per heavy atom. The smallest absolute Gasteiger partial charge is 0.326 e. The van der Waals surface area contributed by atoms with E-state index in [1.54, 1.807) is 12.5 Å². The van der Waals surface area contributed by atoms with E-state index in [1.165, 1.54) is 0 Å². The number of aromatic nitrogens is 2. The van der Waals surface area contributed by atoms with Crippen molar-refractivity contribution in [3.8, 4) is 0 Å². The largest absolute Gasteiger partial charge is 0.480 e. The molecule has 1 aromatic rings. The molecular weight excluding hydrogens is 218 g/mol. The molecule has 1 atom stereocenters. The molecule has 0 saturated carbocycles. The van der Waals surface area contributed by atoms with Crippen LogP contribution in [0.15, 0.2) is 12.5 Å². The summed E-state index contributed by atoms with van der Waals surface area (Å²) in [6, 6.07) is -0.488. The monoisotopic (exact) mass is 239 g/mol. The summed E-state index contributed by atoms with van der Waals surface area (Å²) < 4.78 is 1.88. The Hall–Kier alpha value is -1.36. The molecule has 2 N–H and O–H groups in total. The molecular formula is C12H21N3O2. The lowest BCUT2D eigenvalue weighted by Gasteiger charge is -2.19. The van der Waals surface area contributed by atoms with Crippen LogP contribution in [0.1, 0.15) is 45.5 Å². The molecule has 0 radical (unpaired) electrons. The van der Waals surface area contributed by atoms with Gasteiger partial charge in [-0.1, -0.05) is 13.8 Å². The first-order valence-electron chi connectivity index (χ1n) is 5.91. The molecule has 17 heavy (non-hydrogen) atoms. The van der Waals surface area contributed by atoms with E-state index in [4.69, 9.17) is 0 Å². The number of carboxylic acid groups (broad SMARTS) is 1. The summed E-state index contributed by atoms with van der Waals surface area (Å²) in [5.74, 6) is -0.458. The Balaban J connectivity index is 2.89. The van der Waals surface area contributed by atoms with Crippen LogP contribution in [0, 0.1) is 5.92 Å². The van der Waals surface area contributed by atoms with Gasteiger partial charge in [0.05, 0.1) is 18.2 Å². The summed E-state index contributed by atoms with van der Waals surface area (Å²) in [5.41, 5.74) is 0.702. The highest BCUT2D eigenvalue weighted by Gasteiger charge is 2.23. The normalized spacial score (nSPS) is 13.3. The molecule has 0 fully saturated rings. The van der Waals surface area contributed by atoms with Gasteiger partial charge in [0.25, 0.3) is 0 Å². The third-order valence-electron chi connectivity index (χ3n) is 2.53. The zero-order valence-electron chi connectivity index (χ0n) is 10.8. The van der Waals surface area contributed by atoms with Crippen LogP contribution in [0.4, 0.5) is 0 Å². The van der Waals surface area contributed by atoms with Crippen molar-refractivity contribution in [2.75, 3.05) is 6.54 Å². The van der Waals surface area contributed by atoms with Gasteiger partial charge in [-0.15, -0.1) is 0 Å². The van der Waals surface area contributed by atoms with Gasteiger partial charge in [-0.3, -0.25) is 10.1 Å². The van der Waals surface area contributed by atoms with Gasteiger partial charge < -0.3 is 9.67 Å². The molecule has 0 aliphatic carbocycles. The van der Waals surface area contributed by atoms with Gasteiger partial charge in [0.2, 0.25) is 0 Å². The third kappa shape index (κ3) is 3.56. The first kappa shape index (κ1) is 13.7. The zero-order valence-corrected chi connectivity index (χ0v) is 10.8. The summed E-state index contributed by atoms with van der Waals surface area (Å²) in [7, 11) is 0. The molecule has 1 heterocycles. The predicted octanol–water partition coefficient (Wildman–Crippen LogP) is 1.84. The fourth-order valence-corrected chi connectivity index (χ4v) is 1.64. The van der Waals surface area contributed by atoms with E-state index in [0.29, 0.717) is 18.2 Å². The molecule has 0 saturated heterocycles. The summed E-state index contributed by atoms with van der Waals surface area (Å²) in [4.78, 5) is 15.3. The summed E-state index contributed by atoms with van der Waals surface area (Å²) >= 11 is 0. The van der Waals surface area contributed by atoms with Crippen LogP contribution < -0.4 is 5.32 Å². The SMILES string of the molecule is CC(C)CNC(C(=O)O)c1cncn1C(C)C. The van der Waals surface area contributed by atoms with Crippen LogP contribution >= 0.6 is 0 Å². The molecule has 0 aliphatic heterocycles. The molecule has 1 aromatic heterocycles. The van der Waals surface area contributed by atoms with E-state index >= 15 is 0 Å². The quantitative estimate of drug-likeness (QED) is 0.794. The van der Waals surface area contributed by atoms with Gasteiger partial charge in [0.15, 0.2) is 0 Å². The predicted molar refractivity (Wildman–Crippen MR) is 65.8 cm³/mol. The van der Waals surface area contributed by atoms with Gasteiger partial charge in [-0.2, -0.15) is 0 Å². The molecule has 0 amide bonds. The van der Waals surface area contributed by atoms with Crippen LogP contribution in [0.2, 0.25) is 0 Å². The number of rotatable bonds is 6. The van der Waals surface area contributed by atoms with Crippen molar-refractivity contribution in [2.24, 2.45) is 5.92 Å². The molecule has 0 spiro atoms. The topological polar surface area (TPSA) is 67.2 Å². The van der Waals surface area contributed by atoms with E-state index < -0.39 is 12.0 Å². The summed E-state index contributed by atoms with van der Waals surface area (Å²) in [6.07, 6.45) is 3.29. The molecule has 0 aromatic carbocycles. The maximum atomic E-state index is 11.3. The highest BCUT2D eigenvalue weighted by Crippen LogP contribution is 2.17. The Kier molecular flexibility index (Phi) is 4.69. The fraction of sp³-hybridized carbons (Fsp3) is 0.667. The average molecular weight is 239 g/mol. The maximum Gasteiger partial charge on any atom is 0.326 e. The Bertz CT molecular complexity index is 372. The standard InChI is InChI=1S/C12H21N3O2/c1-8(2)5-14-11(12(16)17)10-6-13-7-15(10)9(3)4/h6-9,11,14H,5H2,1-4H3,(H,16,17). The van der Waals surface area contributed by atoms with Gasteiger partial charge in [0, 0.05) is 6.04 Å². The Morgan fingerprint density at radius 2 is 2.12 bits per heavy atom. The maximum absolute atomic E-state index is 11.3. The molecule has 96 valence electrons. The average Bonchev–Trinajstić information content (AvgIpc) is 2.65. The second kappa shape index (κ2) is 5.82. The summed E-state index contributed by atoms with van der Waals surface area (Å²) in [6.45, 7) is 8.77. The second-order valence-electron chi connectivity index (χ2n) is 4.89. The Morgan fingerprint density at radius 3 is 2.59 bits per heavy atom. The summed E-state index contributed by atoms with van der Waals surface area (Å²) in [5, 5.41) is 12.3. The van der Waals surface area contributed by atoms with E-state index in [9.17, 15) is 9.90 Å². The minimum Gasteiger partial charge on any atom is -0.480 e. The van der Waals surface area contributed by atoms with E-state index in [1.807, 2.05) is 32.3 Å². The third-order valence-corrected chi connectivity index (χ3v) is 2.53. The van der Waals surface area contributed by atoms with Gasteiger partial charge >= 0.3 is 5.97 Å². The minimum atomic E-state index is -0.868. The molecule has 0 aliphatic rings. The molecule has 5 nitrogen and oxygen atoms in total. The van der Waals surface area contributed by atoms with Crippen LogP contribution in [-0.2, 0) is 4.79 Å². The number of nitrogens with one attached hydrogen (secondary N) is 1. The van der Waals surface area contributed by atoms with Crippen LogP contribution in [0.5, 0.6) is 0 Å². The van der Waals surface area contributed by atoms with Crippen molar-refractivity contribution in [2.45, 2.75) is 39.8 Å². The number of aliphatic carboxylic acids is 1. The van der Waals surface area contributed by atoms with Crippen LogP contribution in [0.25, 0.3) is 0 Å². The van der Waals surface area contributed by atoms with Gasteiger partial charge in [-0.25, -0.2) is 4.98 Å². The first-order valence-corrected chi connectivity index (χ1v) is 5.91. The lowest BCUT2D eigenvalue weighted by atomic mass is 10.1. The number of carboxylic acids is 1. The molecule has 1 unspecified atom stereocenters. The van der Waals surface area contributed by atoms with Gasteiger partial charge in [0.1, 0.15) is 6.04 Å². The highest BCUT2D eigenvalue weighted by molar-refractivity contribution is 5.74.